The molecule has 1 aromatic heterocycles. The molecule has 0 bridgehead atoms. The number of benzene rings is 4. The second kappa shape index (κ2) is 9.19. The molecular weight excluding hydrogens is 428 g/mol. The normalized spacial score (nSPS) is 14.3. The summed E-state index contributed by atoms with van der Waals surface area (Å²) in [4.78, 5) is 19.1. The molecule has 1 N–H and O–H groups in total. The molecule has 3 nitrogen and oxygen atoms in total. The maximum atomic E-state index is 11.9. The lowest BCUT2D eigenvalue weighted by Crippen LogP contribution is -2.09. The SMILES string of the molecule is C1=CC2=C(CC1)CCc1c2ccc2ccccc12.O=c1[nH]c(-c2ccccc2)nc2ccccc12. The third-order valence-electron chi connectivity index (χ3n) is 6.95. The molecule has 0 amide bonds. The fourth-order valence-electron chi connectivity index (χ4n) is 5.20. The second-order valence-corrected chi connectivity index (χ2v) is 9.07. The van der Waals surface area contributed by atoms with Gasteiger partial charge in [-0.3, -0.25) is 4.79 Å². The van der Waals surface area contributed by atoms with Crippen LogP contribution in [0.4, 0.5) is 0 Å². The molecule has 0 saturated carbocycles. The quantitative estimate of drug-likeness (QED) is 0.285. The number of hydrogen-bond acceptors (Lipinski definition) is 2. The van der Waals surface area contributed by atoms with Crippen molar-refractivity contribution < 1.29 is 0 Å². The van der Waals surface area contributed by atoms with Crippen LogP contribution in [-0.2, 0) is 6.42 Å². The Morgan fingerprint density at radius 2 is 1.49 bits per heavy atom. The van der Waals surface area contributed by atoms with E-state index in [1.807, 2.05) is 48.5 Å². The van der Waals surface area contributed by atoms with Crippen molar-refractivity contribution in [1.29, 1.82) is 0 Å². The number of aryl methyl sites for hydroxylation is 1. The van der Waals surface area contributed by atoms with Crippen LogP contribution < -0.4 is 5.56 Å². The van der Waals surface area contributed by atoms with E-state index >= 15 is 0 Å². The zero-order chi connectivity index (χ0) is 23.6. The average Bonchev–Trinajstić information content (AvgIpc) is 2.93. The average molecular weight is 455 g/mol. The molecule has 0 unspecified atom stereocenters. The predicted molar refractivity (Wildman–Crippen MR) is 145 cm³/mol. The Bertz CT molecular complexity index is 1660. The number of hydrogen-bond donors (Lipinski definition) is 1. The number of H-pyrrole nitrogens is 1. The Labute approximate surface area is 204 Å². The molecule has 2 aliphatic rings. The van der Waals surface area contributed by atoms with Crippen LogP contribution in [0.1, 0.15) is 30.4 Å². The lowest BCUT2D eigenvalue weighted by Gasteiger charge is -2.25. The molecular formula is C32H26N2O. The van der Waals surface area contributed by atoms with Crippen molar-refractivity contribution in [1.82, 2.24) is 9.97 Å². The summed E-state index contributed by atoms with van der Waals surface area (Å²) in [6.07, 6.45) is 9.61. The maximum absolute atomic E-state index is 11.9. The highest BCUT2D eigenvalue weighted by Crippen LogP contribution is 2.39. The van der Waals surface area contributed by atoms with Gasteiger partial charge in [0.05, 0.1) is 10.9 Å². The molecule has 1 heterocycles. The van der Waals surface area contributed by atoms with Crippen molar-refractivity contribution in [3.63, 3.8) is 0 Å². The summed E-state index contributed by atoms with van der Waals surface area (Å²) in [6.45, 7) is 0. The molecule has 0 aliphatic heterocycles. The van der Waals surface area contributed by atoms with Crippen LogP contribution in [0.25, 0.3) is 38.6 Å². The van der Waals surface area contributed by atoms with E-state index in [0.717, 1.165) is 11.1 Å². The van der Waals surface area contributed by atoms with E-state index in [4.69, 9.17) is 0 Å². The Kier molecular flexibility index (Phi) is 5.59. The van der Waals surface area contributed by atoms with E-state index in [-0.39, 0.29) is 5.56 Å². The van der Waals surface area contributed by atoms with Crippen molar-refractivity contribution in [3.05, 3.63) is 130 Å². The molecule has 3 heteroatoms. The number of aromatic nitrogens is 2. The summed E-state index contributed by atoms with van der Waals surface area (Å²) in [5.41, 5.74) is 7.73. The van der Waals surface area contributed by atoms with E-state index in [9.17, 15) is 4.79 Å². The molecule has 4 aromatic carbocycles. The van der Waals surface area contributed by atoms with E-state index in [1.54, 1.807) is 17.2 Å². The third kappa shape index (κ3) is 4.10. The molecule has 0 radical (unpaired) electrons. The van der Waals surface area contributed by atoms with Crippen LogP contribution in [0.3, 0.4) is 0 Å². The molecule has 0 saturated heterocycles. The van der Waals surface area contributed by atoms with Gasteiger partial charge in [0.2, 0.25) is 0 Å². The van der Waals surface area contributed by atoms with Crippen molar-refractivity contribution >= 4 is 27.2 Å². The van der Waals surface area contributed by atoms with E-state index < -0.39 is 0 Å². The van der Waals surface area contributed by atoms with Crippen LogP contribution >= 0.6 is 0 Å². The first-order chi connectivity index (χ1) is 17.3. The fourth-order valence-corrected chi connectivity index (χ4v) is 5.20. The van der Waals surface area contributed by atoms with Gasteiger partial charge in [0.25, 0.3) is 5.56 Å². The molecule has 170 valence electrons. The number of fused-ring (bicyclic) bond motifs is 5. The van der Waals surface area contributed by atoms with Crippen molar-refractivity contribution in [2.24, 2.45) is 0 Å². The lowest BCUT2D eigenvalue weighted by atomic mass is 9.80. The summed E-state index contributed by atoms with van der Waals surface area (Å²) in [6, 6.07) is 30.3. The van der Waals surface area contributed by atoms with Gasteiger partial charge < -0.3 is 4.98 Å². The van der Waals surface area contributed by atoms with Gasteiger partial charge in [-0.1, -0.05) is 96.6 Å². The zero-order valence-corrected chi connectivity index (χ0v) is 19.5. The first-order valence-corrected chi connectivity index (χ1v) is 12.2. The molecule has 35 heavy (non-hydrogen) atoms. The monoisotopic (exact) mass is 454 g/mol. The smallest absolute Gasteiger partial charge is 0.259 e. The second-order valence-electron chi connectivity index (χ2n) is 9.07. The summed E-state index contributed by atoms with van der Waals surface area (Å²) in [5.74, 6) is 0.606. The number of rotatable bonds is 1. The Hall–Kier alpha value is -4.24. The predicted octanol–water partition coefficient (Wildman–Crippen LogP) is 7.48. The highest BCUT2D eigenvalue weighted by atomic mass is 16.1. The number of nitrogens with zero attached hydrogens (tertiary/aromatic N) is 1. The number of nitrogens with one attached hydrogen (secondary N) is 1. The van der Waals surface area contributed by atoms with Crippen LogP contribution in [0.2, 0.25) is 0 Å². The summed E-state index contributed by atoms with van der Waals surface area (Å²) < 4.78 is 0. The molecule has 7 rings (SSSR count). The van der Waals surface area contributed by atoms with Gasteiger partial charge in [-0.05, 0) is 65.3 Å². The molecule has 2 aliphatic carbocycles. The van der Waals surface area contributed by atoms with Crippen LogP contribution in [0.15, 0.2) is 114 Å². The number of allylic oxidation sites excluding steroid dienone is 4. The van der Waals surface area contributed by atoms with Crippen molar-refractivity contribution in [3.8, 4) is 11.4 Å². The molecule has 0 spiro atoms. The van der Waals surface area contributed by atoms with Gasteiger partial charge in [0.1, 0.15) is 5.82 Å². The Morgan fingerprint density at radius 3 is 2.37 bits per heavy atom. The largest absolute Gasteiger partial charge is 0.306 e. The topological polar surface area (TPSA) is 45.8 Å². The van der Waals surface area contributed by atoms with Crippen molar-refractivity contribution in [2.45, 2.75) is 25.7 Å². The minimum atomic E-state index is -0.102. The molecule has 0 atom stereocenters. The molecule has 0 fully saturated rings. The third-order valence-corrected chi connectivity index (χ3v) is 6.95. The number of aromatic amines is 1. The maximum Gasteiger partial charge on any atom is 0.259 e. The van der Waals surface area contributed by atoms with Crippen LogP contribution in [-0.4, -0.2) is 9.97 Å². The van der Waals surface area contributed by atoms with Gasteiger partial charge in [-0.25, -0.2) is 4.98 Å². The van der Waals surface area contributed by atoms with Crippen LogP contribution in [0, 0.1) is 0 Å². The van der Waals surface area contributed by atoms with Gasteiger partial charge in [0.15, 0.2) is 0 Å². The number of para-hydroxylation sites is 1. The van der Waals surface area contributed by atoms with E-state index in [2.05, 4.69) is 58.5 Å². The lowest BCUT2D eigenvalue weighted by molar-refractivity contribution is 0.831. The standard InChI is InChI=1S/C18H16.C14H10N2O/c1-3-7-15-13(5-1)9-11-18-16-8-4-2-6-14(16)10-12-17(15)18;17-14-11-8-4-5-9-12(11)15-13(16-14)10-6-2-1-3-7-10/h1,3-5,7-9,11H,2,6,10,12H2;1-9H,(H,15,16,17). The van der Waals surface area contributed by atoms with E-state index in [1.165, 1.54) is 47.6 Å². The first kappa shape index (κ1) is 21.3. The summed E-state index contributed by atoms with van der Waals surface area (Å²) >= 11 is 0. The van der Waals surface area contributed by atoms with Crippen molar-refractivity contribution in [2.75, 3.05) is 0 Å². The minimum absolute atomic E-state index is 0.102. The summed E-state index contributed by atoms with van der Waals surface area (Å²) in [7, 11) is 0. The Morgan fingerprint density at radius 1 is 0.714 bits per heavy atom. The van der Waals surface area contributed by atoms with Gasteiger partial charge >= 0.3 is 0 Å². The first-order valence-electron chi connectivity index (χ1n) is 12.2. The minimum Gasteiger partial charge on any atom is -0.306 e. The highest BCUT2D eigenvalue weighted by Gasteiger charge is 2.20. The van der Waals surface area contributed by atoms with E-state index in [0.29, 0.717) is 11.2 Å². The highest BCUT2D eigenvalue weighted by molar-refractivity contribution is 5.93. The van der Waals surface area contributed by atoms with Gasteiger partial charge in [0, 0.05) is 5.56 Å². The summed E-state index contributed by atoms with van der Waals surface area (Å²) in [5, 5.41) is 3.44. The van der Waals surface area contributed by atoms with Gasteiger partial charge in [-0.2, -0.15) is 0 Å². The van der Waals surface area contributed by atoms with Crippen LogP contribution in [0.5, 0.6) is 0 Å². The van der Waals surface area contributed by atoms with Gasteiger partial charge in [-0.15, -0.1) is 0 Å². The molecule has 5 aromatic rings. The Balaban J connectivity index is 0.000000131. The zero-order valence-electron chi connectivity index (χ0n) is 19.5. The fraction of sp³-hybridized carbons (Fsp3) is 0.125.